The average Bonchev–Trinajstić information content (AvgIpc) is 2.98. The Morgan fingerprint density at radius 1 is 1.05 bits per heavy atom. The van der Waals surface area contributed by atoms with E-state index in [0.717, 1.165) is 38.1 Å². The summed E-state index contributed by atoms with van der Waals surface area (Å²) in [6.45, 7) is 2.04. The lowest BCUT2D eigenvalue weighted by atomic mass is 10.1. The lowest BCUT2D eigenvalue weighted by Crippen LogP contribution is -1.83. The molecule has 0 saturated heterocycles. The van der Waals surface area contributed by atoms with Crippen LogP contribution >= 0.6 is 11.3 Å². The molecule has 0 bridgehead atoms. The highest BCUT2D eigenvalue weighted by Crippen LogP contribution is 2.34. The highest BCUT2D eigenvalue weighted by molar-refractivity contribution is 7.15. The second-order valence-corrected chi connectivity index (χ2v) is 6.00. The number of para-hydroxylation sites is 1. The molecule has 0 saturated carbocycles. The van der Waals surface area contributed by atoms with Crippen molar-refractivity contribution in [2.45, 2.75) is 6.92 Å². The van der Waals surface area contributed by atoms with Crippen LogP contribution in [0.15, 0.2) is 46.9 Å². The number of nitrogens with zero attached hydrogens (tertiary/aromatic N) is 1. The minimum atomic E-state index is 0.606. The number of aromatic nitrogens is 1. The van der Waals surface area contributed by atoms with Gasteiger partial charge in [-0.3, -0.25) is 0 Å². The fraction of sp³-hybridized carbons (Fsp3) is 0.0625. The molecular formula is C16H12N2OS. The number of thiazole rings is 1. The smallest absolute Gasteiger partial charge is 0.180 e. The van der Waals surface area contributed by atoms with Crippen LogP contribution in [0.1, 0.15) is 4.88 Å². The molecule has 98 valence electrons. The number of hydrogen-bond donors (Lipinski definition) is 1. The molecule has 2 heterocycles. The molecule has 0 amide bonds. The SMILES string of the molecule is Cc1sc(N)nc1-c1ccc2oc3ccccc3c2c1. The lowest BCUT2D eigenvalue weighted by Gasteiger charge is -1.98. The third kappa shape index (κ3) is 1.62. The average molecular weight is 280 g/mol. The summed E-state index contributed by atoms with van der Waals surface area (Å²) >= 11 is 1.52. The molecule has 3 nitrogen and oxygen atoms in total. The first-order valence-corrected chi connectivity index (χ1v) is 7.18. The van der Waals surface area contributed by atoms with Crippen LogP contribution in [0.2, 0.25) is 0 Å². The lowest BCUT2D eigenvalue weighted by molar-refractivity contribution is 0.669. The van der Waals surface area contributed by atoms with E-state index in [4.69, 9.17) is 10.2 Å². The van der Waals surface area contributed by atoms with Crippen LogP contribution in [0.5, 0.6) is 0 Å². The summed E-state index contributed by atoms with van der Waals surface area (Å²) in [6, 6.07) is 14.2. The van der Waals surface area contributed by atoms with Crippen LogP contribution in [0.25, 0.3) is 33.2 Å². The van der Waals surface area contributed by atoms with Gasteiger partial charge in [-0.1, -0.05) is 18.2 Å². The first-order valence-electron chi connectivity index (χ1n) is 6.37. The van der Waals surface area contributed by atoms with Crippen molar-refractivity contribution in [1.82, 2.24) is 4.98 Å². The molecule has 2 aromatic carbocycles. The zero-order valence-corrected chi connectivity index (χ0v) is 11.7. The van der Waals surface area contributed by atoms with Crippen molar-refractivity contribution in [2.24, 2.45) is 0 Å². The molecule has 0 unspecified atom stereocenters. The van der Waals surface area contributed by atoms with E-state index < -0.39 is 0 Å². The molecule has 2 N–H and O–H groups in total. The number of benzene rings is 2. The Kier molecular flexibility index (Phi) is 2.35. The van der Waals surface area contributed by atoms with Gasteiger partial charge in [0.15, 0.2) is 5.13 Å². The molecule has 0 atom stereocenters. The van der Waals surface area contributed by atoms with Gasteiger partial charge in [0.25, 0.3) is 0 Å². The zero-order valence-electron chi connectivity index (χ0n) is 10.9. The number of furan rings is 1. The van der Waals surface area contributed by atoms with Gasteiger partial charge in [-0.15, -0.1) is 11.3 Å². The molecular weight excluding hydrogens is 268 g/mol. The van der Waals surface area contributed by atoms with Crippen molar-refractivity contribution >= 4 is 38.4 Å². The van der Waals surface area contributed by atoms with Crippen LogP contribution in [0.3, 0.4) is 0 Å². The van der Waals surface area contributed by atoms with Crippen molar-refractivity contribution in [3.8, 4) is 11.3 Å². The molecule has 0 aliphatic rings. The fourth-order valence-corrected chi connectivity index (χ4v) is 3.27. The zero-order chi connectivity index (χ0) is 13.7. The summed E-state index contributed by atoms with van der Waals surface area (Å²) in [5, 5.41) is 2.85. The quantitative estimate of drug-likeness (QED) is 0.554. The number of nitrogen functional groups attached to an aromatic ring is 1. The normalized spacial score (nSPS) is 11.4. The number of nitrogens with two attached hydrogens (primary N) is 1. The Hall–Kier alpha value is -2.33. The predicted octanol–water partition coefficient (Wildman–Crippen LogP) is 4.60. The highest BCUT2D eigenvalue weighted by Gasteiger charge is 2.11. The number of hydrogen-bond acceptors (Lipinski definition) is 4. The van der Waals surface area contributed by atoms with E-state index in [1.807, 2.05) is 37.3 Å². The molecule has 0 radical (unpaired) electrons. The van der Waals surface area contributed by atoms with E-state index in [2.05, 4.69) is 17.1 Å². The van der Waals surface area contributed by atoms with Gasteiger partial charge in [0.2, 0.25) is 0 Å². The Morgan fingerprint density at radius 3 is 2.65 bits per heavy atom. The van der Waals surface area contributed by atoms with Gasteiger partial charge in [0, 0.05) is 21.2 Å². The summed E-state index contributed by atoms with van der Waals surface area (Å²) in [4.78, 5) is 5.55. The molecule has 0 aliphatic carbocycles. The van der Waals surface area contributed by atoms with Gasteiger partial charge >= 0.3 is 0 Å². The van der Waals surface area contributed by atoms with Crippen molar-refractivity contribution in [2.75, 3.05) is 5.73 Å². The summed E-state index contributed by atoms with van der Waals surface area (Å²) < 4.78 is 5.84. The molecule has 0 fully saturated rings. The number of rotatable bonds is 1. The number of anilines is 1. The van der Waals surface area contributed by atoms with E-state index in [9.17, 15) is 0 Å². The Balaban J connectivity index is 2.02. The molecule has 4 heteroatoms. The standard InChI is InChI=1S/C16H12N2OS/c1-9-15(18-16(17)20-9)10-6-7-14-12(8-10)11-4-2-3-5-13(11)19-14/h2-8H,1H3,(H2,17,18). The third-order valence-electron chi connectivity index (χ3n) is 3.46. The Morgan fingerprint density at radius 2 is 1.85 bits per heavy atom. The molecule has 0 aliphatic heterocycles. The van der Waals surface area contributed by atoms with Crippen LogP contribution in [0.4, 0.5) is 5.13 Å². The van der Waals surface area contributed by atoms with Crippen LogP contribution < -0.4 is 5.73 Å². The summed E-state index contributed by atoms with van der Waals surface area (Å²) in [6.07, 6.45) is 0. The monoisotopic (exact) mass is 280 g/mol. The van der Waals surface area contributed by atoms with Crippen molar-refractivity contribution in [3.63, 3.8) is 0 Å². The van der Waals surface area contributed by atoms with Gasteiger partial charge in [0.05, 0.1) is 5.69 Å². The topological polar surface area (TPSA) is 52.0 Å². The first kappa shape index (κ1) is 11.5. The van der Waals surface area contributed by atoms with Crippen molar-refractivity contribution in [3.05, 3.63) is 47.3 Å². The van der Waals surface area contributed by atoms with Crippen molar-refractivity contribution in [1.29, 1.82) is 0 Å². The number of aryl methyl sites for hydroxylation is 1. The van der Waals surface area contributed by atoms with E-state index in [-0.39, 0.29) is 0 Å². The minimum Gasteiger partial charge on any atom is -0.456 e. The maximum atomic E-state index is 5.84. The maximum Gasteiger partial charge on any atom is 0.180 e. The summed E-state index contributed by atoms with van der Waals surface area (Å²) in [5.41, 5.74) is 9.64. The van der Waals surface area contributed by atoms with Crippen LogP contribution in [0, 0.1) is 6.92 Å². The van der Waals surface area contributed by atoms with Crippen LogP contribution in [-0.4, -0.2) is 4.98 Å². The second-order valence-electron chi connectivity index (χ2n) is 4.77. The van der Waals surface area contributed by atoms with Gasteiger partial charge in [-0.25, -0.2) is 4.98 Å². The van der Waals surface area contributed by atoms with Gasteiger partial charge in [-0.05, 0) is 31.2 Å². The molecule has 0 spiro atoms. The summed E-state index contributed by atoms with van der Waals surface area (Å²) in [7, 11) is 0. The van der Waals surface area contributed by atoms with Gasteiger partial charge in [0.1, 0.15) is 11.2 Å². The van der Waals surface area contributed by atoms with Gasteiger partial charge < -0.3 is 10.2 Å². The first-order chi connectivity index (χ1) is 9.72. The van der Waals surface area contributed by atoms with Crippen LogP contribution in [-0.2, 0) is 0 Å². The Bertz CT molecular complexity index is 936. The molecule has 20 heavy (non-hydrogen) atoms. The molecule has 2 aromatic heterocycles. The summed E-state index contributed by atoms with van der Waals surface area (Å²) in [5.74, 6) is 0. The van der Waals surface area contributed by atoms with E-state index >= 15 is 0 Å². The minimum absolute atomic E-state index is 0.606. The van der Waals surface area contributed by atoms with E-state index in [1.165, 1.54) is 11.3 Å². The van der Waals surface area contributed by atoms with E-state index in [1.54, 1.807) is 0 Å². The largest absolute Gasteiger partial charge is 0.456 e. The maximum absolute atomic E-state index is 5.84. The van der Waals surface area contributed by atoms with Gasteiger partial charge in [-0.2, -0.15) is 0 Å². The van der Waals surface area contributed by atoms with E-state index in [0.29, 0.717) is 5.13 Å². The van der Waals surface area contributed by atoms with Crippen molar-refractivity contribution < 1.29 is 4.42 Å². The molecule has 4 aromatic rings. The molecule has 4 rings (SSSR count). The third-order valence-corrected chi connectivity index (χ3v) is 4.26. The fourth-order valence-electron chi connectivity index (χ4n) is 2.56. The highest BCUT2D eigenvalue weighted by atomic mass is 32.1. The predicted molar refractivity (Wildman–Crippen MR) is 84.0 cm³/mol. The second kappa shape index (κ2) is 4.08. The number of fused-ring (bicyclic) bond motifs is 3. The Labute approximate surface area is 119 Å².